The Hall–Kier alpha value is -3.16. The lowest BCUT2D eigenvalue weighted by Gasteiger charge is -2.28. The van der Waals surface area contributed by atoms with E-state index in [0.29, 0.717) is 22.4 Å². The van der Waals surface area contributed by atoms with Gasteiger partial charge >= 0.3 is 0 Å². The van der Waals surface area contributed by atoms with Gasteiger partial charge in [-0.05, 0) is 30.3 Å². The number of methoxy groups -OCH3 is 1. The first-order valence-corrected chi connectivity index (χ1v) is 9.61. The minimum absolute atomic E-state index is 0. The molecular weight excluding hydrogens is 444 g/mol. The Morgan fingerprint density at radius 1 is 1.00 bits per heavy atom. The number of alkyl halides is 1. The summed E-state index contributed by atoms with van der Waals surface area (Å²) >= 11 is 0. The van der Waals surface area contributed by atoms with E-state index in [9.17, 15) is 24.1 Å². The number of hydrogen-bond donors (Lipinski definition) is 5. The van der Waals surface area contributed by atoms with Crippen molar-refractivity contribution in [1.82, 2.24) is 9.97 Å². The molecule has 0 aliphatic heterocycles. The summed E-state index contributed by atoms with van der Waals surface area (Å²) in [6, 6.07) is 8.70. The maximum absolute atomic E-state index is 13.5. The third-order valence-electron chi connectivity index (χ3n) is 4.76. The molecule has 1 heterocycles. The molecule has 1 aromatic heterocycles. The standard InChI is InChI=1S/C21H23F2N3O6.H2O/c1-31-16-6-13-15(24-10-25-21(13)26-12-4-2-11(22)3-5-12)7-17(16)32-18(9-28)20(30)19(29)14(23)8-27;/h2-7,10,14,18-20,27-30H,8-9H2,1H3,(H,24,25,26);1H2/t14-,18-,19+,20+;/m1./s1. The predicted molar refractivity (Wildman–Crippen MR) is 115 cm³/mol. The van der Waals surface area contributed by atoms with Crippen molar-refractivity contribution < 1.29 is 44.2 Å². The Kier molecular flexibility index (Phi) is 9.20. The fourth-order valence-corrected chi connectivity index (χ4v) is 3.01. The normalized spacial score (nSPS) is 14.6. The van der Waals surface area contributed by atoms with Gasteiger partial charge in [0.25, 0.3) is 0 Å². The van der Waals surface area contributed by atoms with Gasteiger partial charge in [-0.3, -0.25) is 0 Å². The van der Waals surface area contributed by atoms with Crippen LogP contribution < -0.4 is 14.8 Å². The smallest absolute Gasteiger partial charge is 0.164 e. The minimum atomic E-state index is -2.12. The fraction of sp³-hybridized carbons (Fsp3) is 0.333. The Labute approximate surface area is 187 Å². The molecule has 12 heteroatoms. The zero-order valence-corrected chi connectivity index (χ0v) is 17.5. The summed E-state index contributed by atoms with van der Waals surface area (Å²) in [5.41, 5.74) is 0.999. The molecule has 2 aromatic carbocycles. The van der Waals surface area contributed by atoms with Crippen LogP contribution in [0.15, 0.2) is 42.7 Å². The number of fused-ring (bicyclic) bond motifs is 1. The van der Waals surface area contributed by atoms with Gasteiger partial charge in [0.1, 0.15) is 30.2 Å². The van der Waals surface area contributed by atoms with Crippen molar-refractivity contribution in [2.24, 2.45) is 0 Å². The highest BCUT2D eigenvalue weighted by Crippen LogP contribution is 2.35. The zero-order valence-electron chi connectivity index (χ0n) is 17.5. The number of aromatic nitrogens is 2. The van der Waals surface area contributed by atoms with Crippen LogP contribution in [-0.2, 0) is 0 Å². The van der Waals surface area contributed by atoms with E-state index in [1.54, 1.807) is 18.2 Å². The molecule has 7 N–H and O–H groups in total. The Balaban J connectivity index is 0.00000385. The monoisotopic (exact) mass is 469 g/mol. The van der Waals surface area contributed by atoms with Crippen molar-refractivity contribution >= 4 is 22.4 Å². The fourth-order valence-electron chi connectivity index (χ4n) is 3.01. The number of aliphatic hydroxyl groups is 4. The van der Waals surface area contributed by atoms with E-state index in [-0.39, 0.29) is 22.8 Å². The minimum Gasteiger partial charge on any atom is -0.493 e. The third kappa shape index (κ3) is 6.00. The second kappa shape index (κ2) is 11.6. The molecule has 0 spiro atoms. The lowest BCUT2D eigenvalue weighted by Crippen LogP contribution is -2.48. The van der Waals surface area contributed by atoms with E-state index in [2.05, 4.69) is 15.3 Å². The maximum Gasteiger partial charge on any atom is 0.164 e. The second-order valence-electron chi connectivity index (χ2n) is 6.89. The van der Waals surface area contributed by atoms with Crippen molar-refractivity contribution in [3.63, 3.8) is 0 Å². The van der Waals surface area contributed by atoms with E-state index < -0.39 is 37.7 Å². The van der Waals surface area contributed by atoms with Gasteiger partial charge in [-0.25, -0.2) is 18.7 Å². The molecule has 10 nitrogen and oxygen atoms in total. The van der Waals surface area contributed by atoms with E-state index in [4.69, 9.17) is 14.6 Å². The van der Waals surface area contributed by atoms with Gasteiger partial charge in [0.2, 0.25) is 0 Å². The molecule has 0 aliphatic rings. The summed E-state index contributed by atoms with van der Waals surface area (Å²) in [4.78, 5) is 8.37. The number of nitrogens with one attached hydrogen (secondary N) is 1. The van der Waals surface area contributed by atoms with Crippen LogP contribution in [0.2, 0.25) is 0 Å². The highest BCUT2D eigenvalue weighted by molar-refractivity contribution is 5.93. The molecule has 0 saturated heterocycles. The van der Waals surface area contributed by atoms with E-state index in [1.807, 2.05) is 0 Å². The quantitative estimate of drug-likeness (QED) is 0.284. The molecule has 0 saturated carbocycles. The summed E-state index contributed by atoms with van der Waals surface area (Å²) in [5, 5.41) is 42.0. The summed E-state index contributed by atoms with van der Waals surface area (Å²) in [6.45, 7) is -1.75. The van der Waals surface area contributed by atoms with Crippen LogP contribution in [0.3, 0.4) is 0 Å². The van der Waals surface area contributed by atoms with Gasteiger partial charge in [-0.2, -0.15) is 0 Å². The lowest BCUT2D eigenvalue weighted by molar-refractivity contribution is -0.0981. The SMILES string of the molecule is COc1cc2c(Nc3ccc(F)cc3)ncnc2cc1O[C@H](CO)[C@H](O)[C@@H](O)[C@H](F)CO.O. The zero-order chi connectivity index (χ0) is 23.3. The van der Waals surface area contributed by atoms with Crippen LogP contribution in [0.5, 0.6) is 11.5 Å². The van der Waals surface area contributed by atoms with Gasteiger partial charge in [0.15, 0.2) is 23.8 Å². The Morgan fingerprint density at radius 3 is 2.30 bits per heavy atom. The number of aliphatic hydroxyl groups excluding tert-OH is 4. The first-order valence-electron chi connectivity index (χ1n) is 9.61. The highest BCUT2D eigenvalue weighted by Gasteiger charge is 2.34. The van der Waals surface area contributed by atoms with Crippen LogP contribution in [0, 0.1) is 5.82 Å². The van der Waals surface area contributed by atoms with Crippen molar-refractivity contribution in [3.05, 3.63) is 48.5 Å². The van der Waals surface area contributed by atoms with Crippen molar-refractivity contribution in [3.8, 4) is 11.5 Å². The summed E-state index contributed by atoms with van der Waals surface area (Å²) in [6.07, 6.45) is -6.04. The van der Waals surface area contributed by atoms with E-state index >= 15 is 0 Å². The first kappa shape index (κ1) is 26.1. The van der Waals surface area contributed by atoms with Crippen LogP contribution in [0.1, 0.15) is 0 Å². The first-order chi connectivity index (χ1) is 15.4. The van der Waals surface area contributed by atoms with Crippen LogP contribution in [-0.4, -0.2) is 80.7 Å². The molecule has 0 bridgehead atoms. The van der Waals surface area contributed by atoms with Gasteiger partial charge in [-0.15, -0.1) is 0 Å². The van der Waals surface area contributed by atoms with Gasteiger partial charge in [0.05, 0.1) is 25.8 Å². The number of benzene rings is 2. The molecule has 0 fully saturated rings. The summed E-state index contributed by atoms with van der Waals surface area (Å²) < 4.78 is 37.6. The Bertz CT molecular complexity index is 1040. The number of halogens is 2. The molecule has 0 amide bonds. The van der Waals surface area contributed by atoms with Crippen molar-refractivity contribution in [2.45, 2.75) is 24.5 Å². The van der Waals surface area contributed by atoms with E-state index in [1.165, 1.54) is 31.6 Å². The van der Waals surface area contributed by atoms with Crippen LogP contribution in [0.4, 0.5) is 20.3 Å². The van der Waals surface area contributed by atoms with Crippen molar-refractivity contribution in [2.75, 3.05) is 25.6 Å². The summed E-state index contributed by atoms with van der Waals surface area (Å²) in [7, 11) is 1.37. The van der Waals surface area contributed by atoms with Gasteiger partial charge in [0, 0.05) is 17.1 Å². The molecule has 0 aliphatic carbocycles. The van der Waals surface area contributed by atoms with Gasteiger partial charge in [-0.1, -0.05) is 0 Å². The molecule has 0 unspecified atom stereocenters. The van der Waals surface area contributed by atoms with Gasteiger partial charge < -0.3 is 40.7 Å². The number of hydrogen-bond acceptors (Lipinski definition) is 9. The molecule has 180 valence electrons. The second-order valence-corrected chi connectivity index (χ2v) is 6.89. The van der Waals surface area contributed by atoms with Crippen LogP contribution in [0.25, 0.3) is 10.9 Å². The van der Waals surface area contributed by atoms with Crippen molar-refractivity contribution in [1.29, 1.82) is 0 Å². The largest absolute Gasteiger partial charge is 0.493 e. The molecule has 0 radical (unpaired) electrons. The summed E-state index contributed by atoms with van der Waals surface area (Å²) in [5.74, 6) is 0.281. The highest BCUT2D eigenvalue weighted by atomic mass is 19.1. The molecule has 3 aromatic rings. The number of rotatable bonds is 10. The number of anilines is 2. The topological polar surface area (TPSA) is 169 Å². The average Bonchev–Trinajstić information content (AvgIpc) is 2.82. The maximum atomic E-state index is 13.5. The lowest BCUT2D eigenvalue weighted by atomic mass is 10.0. The Morgan fingerprint density at radius 2 is 1.70 bits per heavy atom. The van der Waals surface area contributed by atoms with Crippen LogP contribution >= 0.6 is 0 Å². The van der Waals surface area contributed by atoms with E-state index in [0.717, 1.165) is 0 Å². The molecule has 4 atom stereocenters. The number of ether oxygens (including phenoxy) is 2. The molecule has 3 rings (SSSR count). The third-order valence-corrected chi connectivity index (χ3v) is 4.76. The average molecular weight is 469 g/mol. The molecular formula is C21H25F2N3O7. The molecule has 33 heavy (non-hydrogen) atoms. The number of nitrogens with zero attached hydrogens (tertiary/aromatic N) is 2. The predicted octanol–water partition coefficient (Wildman–Crippen LogP) is 0.488.